The summed E-state index contributed by atoms with van der Waals surface area (Å²) in [4.78, 5) is 11.9. The molecular formula is C19H21ClN2O4S. The summed E-state index contributed by atoms with van der Waals surface area (Å²) in [7, 11) is 4.62. The molecule has 6 nitrogen and oxygen atoms in total. The van der Waals surface area contributed by atoms with Crippen molar-refractivity contribution in [2.24, 2.45) is 5.10 Å². The topological polar surface area (TPSA) is 69.2 Å². The van der Waals surface area contributed by atoms with Crippen molar-refractivity contribution >= 4 is 35.5 Å². The molecule has 0 fully saturated rings. The molecule has 2 rings (SSSR count). The number of ether oxygens (including phenoxy) is 3. The minimum absolute atomic E-state index is 0.183. The lowest BCUT2D eigenvalue weighted by Gasteiger charge is -2.12. The van der Waals surface area contributed by atoms with Crippen LogP contribution >= 0.6 is 23.4 Å². The third-order valence-electron chi connectivity index (χ3n) is 3.51. The van der Waals surface area contributed by atoms with Crippen LogP contribution in [-0.4, -0.2) is 39.2 Å². The number of carbonyl (C=O) groups excluding carboxylic acids is 1. The molecule has 144 valence electrons. The molecule has 0 saturated heterocycles. The summed E-state index contributed by atoms with van der Waals surface area (Å²) in [5.41, 5.74) is 4.32. The van der Waals surface area contributed by atoms with Crippen LogP contribution in [0, 0.1) is 0 Å². The zero-order valence-corrected chi connectivity index (χ0v) is 16.9. The van der Waals surface area contributed by atoms with Gasteiger partial charge in [0.05, 0.1) is 33.3 Å². The number of rotatable bonds is 9. The van der Waals surface area contributed by atoms with Crippen molar-refractivity contribution in [3.63, 3.8) is 0 Å². The van der Waals surface area contributed by atoms with Crippen molar-refractivity contribution in [2.45, 2.75) is 5.75 Å². The van der Waals surface area contributed by atoms with Crippen molar-refractivity contribution in [1.82, 2.24) is 5.43 Å². The maximum Gasteiger partial charge on any atom is 0.250 e. The highest BCUT2D eigenvalue weighted by Gasteiger charge is 2.12. The molecule has 27 heavy (non-hydrogen) atoms. The predicted molar refractivity (Wildman–Crippen MR) is 109 cm³/mol. The molecule has 0 unspecified atom stereocenters. The van der Waals surface area contributed by atoms with Crippen LogP contribution in [0.1, 0.15) is 11.1 Å². The first-order valence-electron chi connectivity index (χ1n) is 8.01. The molecule has 8 heteroatoms. The highest BCUT2D eigenvalue weighted by Crippen LogP contribution is 2.37. The van der Waals surface area contributed by atoms with Crippen LogP contribution < -0.4 is 19.6 Å². The summed E-state index contributed by atoms with van der Waals surface area (Å²) >= 11 is 7.35. The van der Waals surface area contributed by atoms with Crippen molar-refractivity contribution in [3.05, 3.63) is 52.5 Å². The number of amides is 1. The second-order valence-corrected chi connectivity index (χ2v) is 6.79. The third kappa shape index (κ3) is 6.37. The Labute approximate surface area is 167 Å². The van der Waals surface area contributed by atoms with E-state index in [4.69, 9.17) is 25.8 Å². The van der Waals surface area contributed by atoms with Crippen molar-refractivity contribution in [3.8, 4) is 17.2 Å². The Kier molecular flexibility index (Phi) is 8.29. The number of methoxy groups -OCH3 is 3. The van der Waals surface area contributed by atoms with E-state index in [1.165, 1.54) is 39.3 Å². The van der Waals surface area contributed by atoms with Crippen molar-refractivity contribution < 1.29 is 19.0 Å². The zero-order chi connectivity index (χ0) is 19.6. The SMILES string of the molecule is COc1cc(/C=N\NC(=O)CSCc2ccc(Cl)cc2)cc(OC)c1OC. The summed E-state index contributed by atoms with van der Waals surface area (Å²) in [6.45, 7) is 0. The molecule has 0 bridgehead atoms. The molecule has 1 amide bonds. The first-order valence-corrected chi connectivity index (χ1v) is 9.54. The Balaban J connectivity index is 1.87. The molecule has 2 aromatic carbocycles. The van der Waals surface area contributed by atoms with E-state index in [-0.39, 0.29) is 5.91 Å². The average molecular weight is 409 g/mol. The average Bonchev–Trinajstić information content (AvgIpc) is 2.68. The molecule has 0 radical (unpaired) electrons. The van der Waals surface area contributed by atoms with Crippen LogP contribution in [0.2, 0.25) is 5.02 Å². The number of nitrogens with zero attached hydrogens (tertiary/aromatic N) is 1. The highest BCUT2D eigenvalue weighted by molar-refractivity contribution is 7.99. The second-order valence-electron chi connectivity index (χ2n) is 5.37. The summed E-state index contributed by atoms with van der Waals surface area (Å²) in [5, 5.41) is 4.67. The van der Waals surface area contributed by atoms with Crippen LogP contribution in [0.3, 0.4) is 0 Å². The number of benzene rings is 2. The molecule has 0 aliphatic heterocycles. The minimum atomic E-state index is -0.183. The smallest absolute Gasteiger partial charge is 0.250 e. The van der Waals surface area contributed by atoms with Gasteiger partial charge in [0.1, 0.15) is 0 Å². The second kappa shape index (κ2) is 10.7. The Bertz CT molecular complexity index is 772. The summed E-state index contributed by atoms with van der Waals surface area (Å²) in [5.74, 6) is 2.37. The van der Waals surface area contributed by atoms with Gasteiger partial charge in [0.25, 0.3) is 0 Å². The fourth-order valence-corrected chi connectivity index (χ4v) is 3.14. The van der Waals surface area contributed by atoms with Gasteiger partial charge in [-0.25, -0.2) is 5.43 Å². The van der Waals surface area contributed by atoms with Crippen LogP contribution in [0.25, 0.3) is 0 Å². The predicted octanol–water partition coefficient (Wildman–Crippen LogP) is 3.75. The molecule has 0 aliphatic carbocycles. The number of carbonyl (C=O) groups is 1. The Morgan fingerprint density at radius 2 is 1.74 bits per heavy atom. The number of thioether (sulfide) groups is 1. The number of nitrogens with one attached hydrogen (secondary N) is 1. The van der Waals surface area contributed by atoms with Gasteiger partial charge < -0.3 is 14.2 Å². The van der Waals surface area contributed by atoms with E-state index < -0.39 is 0 Å². The monoisotopic (exact) mass is 408 g/mol. The fraction of sp³-hybridized carbons (Fsp3) is 0.263. The number of hydrogen-bond donors (Lipinski definition) is 1. The van der Waals surface area contributed by atoms with Crippen LogP contribution in [0.5, 0.6) is 17.2 Å². The Morgan fingerprint density at radius 3 is 2.30 bits per heavy atom. The molecule has 0 aromatic heterocycles. The fourth-order valence-electron chi connectivity index (χ4n) is 2.23. The highest BCUT2D eigenvalue weighted by atomic mass is 35.5. The van der Waals surface area contributed by atoms with Gasteiger partial charge in [-0.05, 0) is 29.8 Å². The third-order valence-corrected chi connectivity index (χ3v) is 4.76. The molecule has 0 spiro atoms. The van der Waals surface area contributed by atoms with E-state index in [2.05, 4.69) is 10.5 Å². The first kappa shape index (κ1) is 20.9. The molecule has 0 atom stereocenters. The lowest BCUT2D eigenvalue weighted by atomic mass is 10.2. The number of halogens is 1. The molecule has 2 aromatic rings. The summed E-state index contributed by atoms with van der Waals surface area (Å²) in [6.07, 6.45) is 1.52. The van der Waals surface area contributed by atoms with E-state index >= 15 is 0 Å². The van der Waals surface area contributed by atoms with Gasteiger partial charge in [-0.3, -0.25) is 4.79 Å². The lowest BCUT2D eigenvalue weighted by Crippen LogP contribution is -2.19. The minimum Gasteiger partial charge on any atom is -0.493 e. The Hall–Kier alpha value is -2.38. The quantitative estimate of drug-likeness (QED) is 0.505. The Morgan fingerprint density at radius 1 is 1.11 bits per heavy atom. The van der Waals surface area contributed by atoms with Crippen LogP contribution in [-0.2, 0) is 10.5 Å². The first-order chi connectivity index (χ1) is 13.1. The number of hydrogen-bond acceptors (Lipinski definition) is 6. The van der Waals surface area contributed by atoms with Gasteiger partial charge in [-0.2, -0.15) is 5.10 Å². The van der Waals surface area contributed by atoms with Gasteiger partial charge in [-0.15, -0.1) is 11.8 Å². The van der Waals surface area contributed by atoms with Gasteiger partial charge in [-0.1, -0.05) is 23.7 Å². The lowest BCUT2D eigenvalue weighted by molar-refractivity contribution is -0.118. The van der Waals surface area contributed by atoms with E-state index in [0.717, 1.165) is 11.3 Å². The van der Waals surface area contributed by atoms with Gasteiger partial charge in [0, 0.05) is 16.3 Å². The van der Waals surface area contributed by atoms with Gasteiger partial charge in [0.2, 0.25) is 11.7 Å². The maximum atomic E-state index is 11.9. The molecule has 1 N–H and O–H groups in total. The van der Waals surface area contributed by atoms with Gasteiger partial charge >= 0.3 is 0 Å². The molecular weight excluding hydrogens is 388 g/mol. The normalized spacial score (nSPS) is 10.7. The largest absolute Gasteiger partial charge is 0.493 e. The van der Waals surface area contributed by atoms with E-state index in [9.17, 15) is 4.79 Å². The summed E-state index contributed by atoms with van der Waals surface area (Å²) < 4.78 is 15.8. The van der Waals surface area contributed by atoms with E-state index in [1.807, 2.05) is 24.3 Å². The van der Waals surface area contributed by atoms with Crippen molar-refractivity contribution in [1.29, 1.82) is 0 Å². The van der Waals surface area contributed by atoms with Crippen LogP contribution in [0.4, 0.5) is 0 Å². The molecule has 0 saturated carbocycles. The maximum absolute atomic E-state index is 11.9. The van der Waals surface area contributed by atoms with Crippen molar-refractivity contribution in [2.75, 3.05) is 27.1 Å². The van der Waals surface area contributed by atoms with E-state index in [1.54, 1.807) is 12.1 Å². The van der Waals surface area contributed by atoms with E-state index in [0.29, 0.717) is 33.6 Å². The number of hydrazone groups is 1. The molecule has 0 aliphatic rings. The summed E-state index contributed by atoms with van der Waals surface area (Å²) in [6, 6.07) is 11.0. The van der Waals surface area contributed by atoms with Gasteiger partial charge in [0.15, 0.2) is 11.5 Å². The standard InChI is InChI=1S/C19H21ClN2O4S/c1-24-16-8-14(9-17(25-2)19(16)26-3)10-21-22-18(23)12-27-11-13-4-6-15(20)7-5-13/h4-10H,11-12H2,1-3H3,(H,22,23)/b21-10-. The zero-order valence-electron chi connectivity index (χ0n) is 15.3. The van der Waals surface area contributed by atoms with Crippen LogP contribution in [0.15, 0.2) is 41.5 Å². The molecule has 0 heterocycles.